The van der Waals surface area contributed by atoms with Gasteiger partial charge < -0.3 is 10.4 Å². The Morgan fingerprint density at radius 1 is 0.923 bits per heavy atom. The van der Waals surface area contributed by atoms with Gasteiger partial charge in [0.1, 0.15) is 0 Å². The first-order valence-electron chi connectivity index (χ1n) is 5.79. The molecule has 0 aromatic carbocycles. The van der Waals surface area contributed by atoms with Crippen LogP contribution in [0.15, 0.2) is 0 Å². The van der Waals surface area contributed by atoms with Gasteiger partial charge in [-0.05, 0) is 32.2 Å². The molecule has 0 amide bonds. The van der Waals surface area contributed by atoms with Gasteiger partial charge in [-0.1, -0.05) is 19.3 Å². The van der Waals surface area contributed by atoms with Crippen molar-refractivity contribution in [3.05, 3.63) is 0 Å². The molecule has 0 aromatic heterocycles. The molecule has 0 unspecified atom stereocenters. The predicted molar refractivity (Wildman–Crippen MR) is 53.6 cm³/mol. The van der Waals surface area contributed by atoms with Crippen LogP contribution in [0.2, 0.25) is 0 Å². The minimum Gasteiger partial charge on any atom is -0.393 e. The van der Waals surface area contributed by atoms with Crippen molar-refractivity contribution in [2.75, 3.05) is 6.54 Å². The highest BCUT2D eigenvalue weighted by atomic mass is 16.3. The standard InChI is InChI=1S/C11H21NO/c13-11-7-2-1-5-9(11)10-6-3-4-8-12-10/h9-13H,1-8H2/t9-,10+,11+/m0/s1. The third kappa shape index (κ3) is 2.23. The summed E-state index contributed by atoms with van der Waals surface area (Å²) in [6.45, 7) is 1.16. The summed E-state index contributed by atoms with van der Waals surface area (Å²) in [5.74, 6) is 0.550. The van der Waals surface area contributed by atoms with Gasteiger partial charge >= 0.3 is 0 Å². The first-order chi connectivity index (χ1) is 6.38. The van der Waals surface area contributed by atoms with Gasteiger partial charge in [0, 0.05) is 12.0 Å². The smallest absolute Gasteiger partial charge is 0.0583 e. The molecule has 2 N–H and O–H groups in total. The van der Waals surface area contributed by atoms with Crippen LogP contribution in [0.4, 0.5) is 0 Å². The second kappa shape index (κ2) is 4.43. The summed E-state index contributed by atoms with van der Waals surface area (Å²) in [6.07, 6.45) is 8.73. The van der Waals surface area contributed by atoms with Crippen molar-refractivity contribution in [3.8, 4) is 0 Å². The summed E-state index contributed by atoms with van der Waals surface area (Å²) >= 11 is 0. The van der Waals surface area contributed by atoms with Crippen molar-refractivity contribution in [2.24, 2.45) is 5.92 Å². The average Bonchev–Trinajstić information content (AvgIpc) is 2.20. The fourth-order valence-corrected chi connectivity index (χ4v) is 2.85. The minimum absolute atomic E-state index is 0.0238. The normalized spacial score (nSPS) is 41.8. The molecule has 3 atom stereocenters. The second-order valence-electron chi connectivity index (χ2n) is 4.57. The van der Waals surface area contributed by atoms with Gasteiger partial charge in [0.05, 0.1) is 6.10 Å². The largest absolute Gasteiger partial charge is 0.393 e. The highest BCUT2D eigenvalue weighted by Crippen LogP contribution is 2.30. The van der Waals surface area contributed by atoms with Gasteiger partial charge in [-0.25, -0.2) is 0 Å². The Morgan fingerprint density at radius 2 is 1.69 bits per heavy atom. The van der Waals surface area contributed by atoms with Crippen LogP contribution in [0.3, 0.4) is 0 Å². The van der Waals surface area contributed by atoms with E-state index in [9.17, 15) is 5.11 Å². The summed E-state index contributed by atoms with van der Waals surface area (Å²) < 4.78 is 0. The lowest BCUT2D eigenvalue weighted by molar-refractivity contribution is 0.0422. The van der Waals surface area contributed by atoms with Crippen LogP contribution in [0, 0.1) is 5.92 Å². The molecule has 0 aromatic rings. The molecule has 1 heterocycles. The van der Waals surface area contributed by atoms with Crippen molar-refractivity contribution < 1.29 is 5.11 Å². The monoisotopic (exact) mass is 183 g/mol. The first kappa shape index (κ1) is 9.47. The van der Waals surface area contributed by atoms with E-state index >= 15 is 0 Å². The van der Waals surface area contributed by atoms with E-state index < -0.39 is 0 Å². The lowest BCUT2D eigenvalue weighted by atomic mass is 9.79. The van der Waals surface area contributed by atoms with Crippen LogP contribution < -0.4 is 5.32 Å². The number of rotatable bonds is 1. The summed E-state index contributed by atoms with van der Waals surface area (Å²) in [7, 11) is 0. The zero-order valence-corrected chi connectivity index (χ0v) is 8.34. The van der Waals surface area contributed by atoms with Gasteiger partial charge in [0.25, 0.3) is 0 Å². The Bertz CT molecular complexity index is 154. The number of hydrogen-bond donors (Lipinski definition) is 2. The Hall–Kier alpha value is -0.0800. The highest BCUT2D eigenvalue weighted by molar-refractivity contribution is 4.86. The van der Waals surface area contributed by atoms with Crippen LogP contribution in [0.1, 0.15) is 44.9 Å². The molecule has 0 bridgehead atoms. The lowest BCUT2D eigenvalue weighted by Gasteiger charge is -2.37. The topological polar surface area (TPSA) is 32.3 Å². The zero-order valence-electron chi connectivity index (χ0n) is 8.34. The third-order valence-electron chi connectivity index (χ3n) is 3.65. The van der Waals surface area contributed by atoms with E-state index in [1.165, 1.54) is 38.5 Å². The molecular weight excluding hydrogens is 162 g/mol. The second-order valence-corrected chi connectivity index (χ2v) is 4.57. The van der Waals surface area contributed by atoms with Gasteiger partial charge in [0.2, 0.25) is 0 Å². The van der Waals surface area contributed by atoms with Gasteiger partial charge in [0.15, 0.2) is 0 Å². The average molecular weight is 183 g/mol. The summed E-state index contributed by atoms with van der Waals surface area (Å²) in [5, 5.41) is 13.4. The van der Waals surface area contributed by atoms with E-state index in [0.29, 0.717) is 12.0 Å². The molecule has 13 heavy (non-hydrogen) atoms. The van der Waals surface area contributed by atoms with Crippen molar-refractivity contribution in [3.63, 3.8) is 0 Å². The first-order valence-corrected chi connectivity index (χ1v) is 5.79. The van der Waals surface area contributed by atoms with Crippen LogP contribution in [-0.4, -0.2) is 23.8 Å². The molecule has 1 aliphatic heterocycles. The maximum Gasteiger partial charge on any atom is 0.0583 e. The van der Waals surface area contributed by atoms with Crippen molar-refractivity contribution in [2.45, 2.75) is 57.1 Å². The molecule has 1 aliphatic carbocycles. The maximum absolute atomic E-state index is 9.88. The molecule has 0 spiro atoms. The molecule has 76 valence electrons. The van der Waals surface area contributed by atoms with Crippen LogP contribution in [-0.2, 0) is 0 Å². The highest BCUT2D eigenvalue weighted by Gasteiger charge is 2.30. The van der Waals surface area contributed by atoms with Gasteiger partial charge in [-0.3, -0.25) is 0 Å². The number of piperidine rings is 1. The van der Waals surface area contributed by atoms with Crippen molar-refractivity contribution in [1.29, 1.82) is 0 Å². The number of hydrogen-bond acceptors (Lipinski definition) is 2. The van der Waals surface area contributed by atoms with E-state index in [-0.39, 0.29) is 6.10 Å². The van der Waals surface area contributed by atoms with Crippen molar-refractivity contribution >= 4 is 0 Å². The number of nitrogens with one attached hydrogen (secondary N) is 1. The predicted octanol–water partition coefficient (Wildman–Crippen LogP) is 1.68. The fraction of sp³-hybridized carbons (Fsp3) is 1.00. The Labute approximate surface area is 80.7 Å². The number of aliphatic hydroxyl groups is 1. The zero-order chi connectivity index (χ0) is 9.10. The van der Waals surface area contributed by atoms with E-state index in [0.717, 1.165) is 13.0 Å². The van der Waals surface area contributed by atoms with Crippen LogP contribution in [0.5, 0.6) is 0 Å². The molecule has 1 saturated carbocycles. The molecule has 2 nitrogen and oxygen atoms in total. The van der Waals surface area contributed by atoms with E-state index in [1.54, 1.807) is 0 Å². The fourth-order valence-electron chi connectivity index (χ4n) is 2.85. The summed E-state index contributed by atoms with van der Waals surface area (Å²) in [5.41, 5.74) is 0. The minimum atomic E-state index is -0.0238. The molecule has 2 aliphatic rings. The van der Waals surface area contributed by atoms with E-state index in [2.05, 4.69) is 5.32 Å². The van der Waals surface area contributed by atoms with Gasteiger partial charge in [-0.2, -0.15) is 0 Å². The molecule has 2 heteroatoms. The van der Waals surface area contributed by atoms with E-state index in [1.807, 2.05) is 0 Å². The summed E-state index contributed by atoms with van der Waals surface area (Å²) in [4.78, 5) is 0. The van der Waals surface area contributed by atoms with Gasteiger partial charge in [-0.15, -0.1) is 0 Å². The Morgan fingerprint density at radius 3 is 2.38 bits per heavy atom. The third-order valence-corrected chi connectivity index (χ3v) is 3.65. The number of aliphatic hydroxyl groups excluding tert-OH is 1. The van der Waals surface area contributed by atoms with Crippen LogP contribution >= 0.6 is 0 Å². The molecule has 2 fully saturated rings. The molecular formula is C11H21NO. The SMILES string of the molecule is O[C@@H]1CCCC[C@H]1[C@H]1CCCCN1. The van der Waals surface area contributed by atoms with Crippen LogP contribution in [0.25, 0.3) is 0 Å². The molecule has 2 rings (SSSR count). The Kier molecular flexibility index (Phi) is 3.23. The molecule has 0 radical (unpaired) electrons. The molecule has 1 saturated heterocycles. The Balaban J connectivity index is 1.88. The van der Waals surface area contributed by atoms with Crippen molar-refractivity contribution in [1.82, 2.24) is 5.32 Å². The maximum atomic E-state index is 9.88. The summed E-state index contributed by atoms with van der Waals surface area (Å²) in [6, 6.07) is 0.615. The quantitative estimate of drug-likeness (QED) is 0.648. The lowest BCUT2D eigenvalue weighted by Crippen LogP contribution is -2.45. The van der Waals surface area contributed by atoms with E-state index in [4.69, 9.17) is 0 Å².